The van der Waals surface area contributed by atoms with Crippen LogP contribution < -0.4 is 10.1 Å². The van der Waals surface area contributed by atoms with E-state index in [0.29, 0.717) is 22.1 Å². The zero-order chi connectivity index (χ0) is 14.5. The Bertz CT molecular complexity index is 590. The van der Waals surface area contributed by atoms with Gasteiger partial charge in [0.05, 0.1) is 4.47 Å². The average molecular weight is 339 g/mol. The lowest BCUT2D eigenvalue weighted by Crippen LogP contribution is -2.21. The van der Waals surface area contributed by atoms with E-state index in [1.807, 2.05) is 12.1 Å². The van der Waals surface area contributed by atoms with Crippen LogP contribution in [0.2, 0.25) is 0 Å². The van der Waals surface area contributed by atoms with Crippen LogP contribution in [0.25, 0.3) is 0 Å². The SMILES string of the molecule is CC(C)NCc1ccnc(Oc2cc(F)ccc2Br)c1. The molecule has 0 amide bonds. The van der Waals surface area contributed by atoms with Gasteiger partial charge in [-0.3, -0.25) is 0 Å². The Morgan fingerprint density at radius 2 is 2.10 bits per heavy atom. The van der Waals surface area contributed by atoms with E-state index in [1.165, 1.54) is 12.1 Å². The molecule has 0 aliphatic heterocycles. The van der Waals surface area contributed by atoms with Gasteiger partial charge in [-0.15, -0.1) is 0 Å². The van der Waals surface area contributed by atoms with Crippen molar-refractivity contribution in [3.05, 3.63) is 52.4 Å². The Morgan fingerprint density at radius 3 is 2.85 bits per heavy atom. The highest BCUT2D eigenvalue weighted by Gasteiger charge is 2.06. The number of pyridine rings is 1. The van der Waals surface area contributed by atoms with Crippen molar-refractivity contribution in [1.82, 2.24) is 10.3 Å². The quantitative estimate of drug-likeness (QED) is 0.883. The van der Waals surface area contributed by atoms with Crippen molar-refractivity contribution in [2.24, 2.45) is 0 Å². The van der Waals surface area contributed by atoms with Crippen molar-refractivity contribution in [3.8, 4) is 11.6 Å². The van der Waals surface area contributed by atoms with Gasteiger partial charge in [-0.05, 0) is 39.7 Å². The third kappa shape index (κ3) is 4.28. The molecule has 1 aromatic carbocycles. The molecule has 1 aromatic heterocycles. The van der Waals surface area contributed by atoms with E-state index in [-0.39, 0.29) is 5.82 Å². The van der Waals surface area contributed by atoms with E-state index in [0.717, 1.165) is 12.1 Å². The second-order valence-electron chi connectivity index (χ2n) is 4.71. The van der Waals surface area contributed by atoms with Crippen LogP contribution in [0.4, 0.5) is 4.39 Å². The van der Waals surface area contributed by atoms with E-state index in [9.17, 15) is 4.39 Å². The fourth-order valence-electron chi connectivity index (χ4n) is 1.61. The smallest absolute Gasteiger partial charge is 0.219 e. The van der Waals surface area contributed by atoms with Crippen molar-refractivity contribution in [1.29, 1.82) is 0 Å². The van der Waals surface area contributed by atoms with Crippen molar-refractivity contribution in [2.75, 3.05) is 0 Å². The molecule has 0 spiro atoms. The largest absolute Gasteiger partial charge is 0.438 e. The molecule has 2 aromatic rings. The number of nitrogens with zero attached hydrogens (tertiary/aromatic N) is 1. The zero-order valence-electron chi connectivity index (χ0n) is 11.4. The minimum atomic E-state index is -0.346. The monoisotopic (exact) mass is 338 g/mol. The summed E-state index contributed by atoms with van der Waals surface area (Å²) in [6.07, 6.45) is 1.68. The topological polar surface area (TPSA) is 34.2 Å². The summed E-state index contributed by atoms with van der Waals surface area (Å²) in [5.74, 6) is 0.506. The first kappa shape index (κ1) is 14.9. The highest BCUT2D eigenvalue weighted by molar-refractivity contribution is 9.10. The summed E-state index contributed by atoms with van der Waals surface area (Å²) < 4.78 is 19.5. The van der Waals surface area contributed by atoms with Crippen molar-refractivity contribution < 1.29 is 9.13 Å². The predicted octanol–water partition coefficient (Wildman–Crippen LogP) is 4.27. The Labute approximate surface area is 126 Å². The molecule has 0 radical (unpaired) electrons. The van der Waals surface area contributed by atoms with Gasteiger partial charge in [0.25, 0.3) is 0 Å². The molecule has 5 heteroatoms. The van der Waals surface area contributed by atoms with Crippen molar-refractivity contribution >= 4 is 15.9 Å². The standard InChI is InChI=1S/C15H16BrFN2O/c1-10(2)19-9-11-5-6-18-15(7-11)20-14-8-12(17)3-4-13(14)16/h3-8,10,19H,9H2,1-2H3. The van der Waals surface area contributed by atoms with E-state index >= 15 is 0 Å². The lowest BCUT2D eigenvalue weighted by atomic mass is 10.2. The number of aromatic nitrogens is 1. The van der Waals surface area contributed by atoms with Gasteiger partial charge in [-0.2, -0.15) is 0 Å². The number of ether oxygens (including phenoxy) is 1. The van der Waals surface area contributed by atoms with Crippen LogP contribution in [0.3, 0.4) is 0 Å². The summed E-state index contributed by atoms with van der Waals surface area (Å²) in [6.45, 7) is 4.91. The second-order valence-corrected chi connectivity index (χ2v) is 5.57. The molecular weight excluding hydrogens is 323 g/mol. The molecule has 0 saturated carbocycles. The first-order valence-electron chi connectivity index (χ1n) is 6.36. The molecular formula is C15H16BrFN2O. The van der Waals surface area contributed by atoms with Gasteiger partial charge in [-0.25, -0.2) is 9.37 Å². The lowest BCUT2D eigenvalue weighted by molar-refractivity contribution is 0.453. The van der Waals surface area contributed by atoms with Gasteiger partial charge < -0.3 is 10.1 Å². The number of nitrogens with one attached hydrogen (secondary N) is 1. The summed E-state index contributed by atoms with van der Waals surface area (Å²) in [7, 11) is 0. The number of hydrogen-bond donors (Lipinski definition) is 1. The van der Waals surface area contributed by atoms with Gasteiger partial charge in [0.15, 0.2) is 0 Å². The fraction of sp³-hybridized carbons (Fsp3) is 0.267. The van der Waals surface area contributed by atoms with Crippen molar-refractivity contribution in [2.45, 2.75) is 26.4 Å². The summed E-state index contributed by atoms with van der Waals surface area (Å²) >= 11 is 3.32. The normalized spacial score (nSPS) is 10.8. The second kappa shape index (κ2) is 6.81. The minimum absolute atomic E-state index is 0.346. The average Bonchev–Trinajstić information content (AvgIpc) is 2.41. The molecule has 0 aliphatic rings. The lowest BCUT2D eigenvalue weighted by Gasteiger charge is -2.10. The van der Waals surface area contributed by atoms with Crippen LogP contribution in [0.1, 0.15) is 19.4 Å². The molecule has 0 unspecified atom stereocenters. The maximum Gasteiger partial charge on any atom is 0.219 e. The van der Waals surface area contributed by atoms with Gasteiger partial charge in [0.1, 0.15) is 11.6 Å². The number of benzene rings is 1. The maximum atomic E-state index is 13.2. The Balaban J connectivity index is 2.13. The van der Waals surface area contributed by atoms with Gasteiger partial charge in [0.2, 0.25) is 5.88 Å². The van der Waals surface area contributed by atoms with Gasteiger partial charge in [0, 0.05) is 30.9 Å². The molecule has 0 bridgehead atoms. The third-order valence-corrected chi connectivity index (χ3v) is 3.28. The summed E-state index contributed by atoms with van der Waals surface area (Å²) in [6, 6.07) is 8.47. The molecule has 3 nitrogen and oxygen atoms in total. The van der Waals surface area contributed by atoms with Crippen LogP contribution in [-0.4, -0.2) is 11.0 Å². The number of halogens is 2. The molecule has 1 N–H and O–H groups in total. The van der Waals surface area contributed by atoms with Crippen LogP contribution in [0, 0.1) is 5.82 Å². The fourth-order valence-corrected chi connectivity index (χ4v) is 1.93. The van der Waals surface area contributed by atoms with Crippen LogP contribution in [0.5, 0.6) is 11.6 Å². The molecule has 1 heterocycles. The molecule has 2 rings (SSSR count). The summed E-state index contributed by atoms with van der Waals surface area (Å²) in [5, 5.41) is 3.32. The zero-order valence-corrected chi connectivity index (χ0v) is 12.9. The van der Waals surface area contributed by atoms with E-state index < -0.39 is 0 Å². The summed E-state index contributed by atoms with van der Waals surface area (Å²) in [4.78, 5) is 4.14. The number of hydrogen-bond acceptors (Lipinski definition) is 3. The summed E-state index contributed by atoms with van der Waals surface area (Å²) in [5.41, 5.74) is 1.07. The van der Waals surface area contributed by atoms with Gasteiger partial charge >= 0.3 is 0 Å². The van der Waals surface area contributed by atoms with Crippen LogP contribution >= 0.6 is 15.9 Å². The van der Waals surface area contributed by atoms with Crippen LogP contribution in [0.15, 0.2) is 41.0 Å². The molecule has 0 saturated heterocycles. The van der Waals surface area contributed by atoms with Crippen molar-refractivity contribution in [3.63, 3.8) is 0 Å². The molecule has 0 atom stereocenters. The van der Waals surface area contributed by atoms with Gasteiger partial charge in [-0.1, -0.05) is 13.8 Å². The van der Waals surface area contributed by atoms with E-state index in [1.54, 1.807) is 12.3 Å². The third-order valence-electron chi connectivity index (χ3n) is 2.62. The molecule has 0 fully saturated rings. The molecule has 106 valence electrons. The maximum absolute atomic E-state index is 13.2. The Hall–Kier alpha value is -1.46. The first-order chi connectivity index (χ1) is 9.54. The molecule has 20 heavy (non-hydrogen) atoms. The van der Waals surface area contributed by atoms with Crippen LogP contribution in [-0.2, 0) is 6.54 Å². The highest BCUT2D eigenvalue weighted by Crippen LogP contribution is 2.29. The predicted molar refractivity (Wildman–Crippen MR) is 80.4 cm³/mol. The van der Waals surface area contributed by atoms with E-state index in [4.69, 9.17) is 4.74 Å². The highest BCUT2D eigenvalue weighted by atomic mass is 79.9. The Kier molecular flexibility index (Phi) is 5.09. The minimum Gasteiger partial charge on any atom is -0.438 e. The molecule has 0 aliphatic carbocycles. The first-order valence-corrected chi connectivity index (χ1v) is 7.15. The Morgan fingerprint density at radius 1 is 1.30 bits per heavy atom. The van der Waals surface area contributed by atoms with E-state index in [2.05, 4.69) is 40.1 Å². The number of rotatable bonds is 5.